The summed E-state index contributed by atoms with van der Waals surface area (Å²) in [6, 6.07) is 8.81. The van der Waals surface area contributed by atoms with Gasteiger partial charge in [0.2, 0.25) is 5.91 Å². The number of carbonyl (C=O) groups excluding carboxylic acids is 2. The van der Waals surface area contributed by atoms with Gasteiger partial charge in [-0.15, -0.1) is 0 Å². The Bertz CT molecular complexity index is 814. The highest BCUT2D eigenvalue weighted by Crippen LogP contribution is 2.34. The summed E-state index contributed by atoms with van der Waals surface area (Å²) in [6.07, 6.45) is 1.72. The molecular formula is C16H18N6O2. The summed E-state index contributed by atoms with van der Waals surface area (Å²) >= 11 is 0. The molecular weight excluding hydrogens is 308 g/mol. The van der Waals surface area contributed by atoms with Gasteiger partial charge >= 0.3 is 0 Å². The first kappa shape index (κ1) is 15.7. The van der Waals surface area contributed by atoms with E-state index in [2.05, 4.69) is 20.5 Å². The number of hydrogen-bond acceptors (Lipinski definition) is 5. The molecule has 0 spiro atoms. The van der Waals surface area contributed by atoms with E-state index in [0.717, 1.165) is 5.56 Å². The Morgan fingerprint density at radius 3 is 2.88 bits per heavy atom. The quantitative estimate of drug-likeness (QED) is 0.781. The molecule has 0 unspecified atom stereocenters. The van der Waals surface area contributed by atoms with Crippen LogP contribution < -0.4 is 11.1 Å². The van der Waals surface area contributed by atoms with Crippen LogP contribution in [0.2, 0.25) is 0 Å². The molecule has 0 aliphatic carbocycles. The van der Waals surface area contributed by atoms with Crippen LogP contribution in [0.1, 0.15) is 29.4 Å². The number of amides is 2. The van der Waals surface area contributed by atoms with Crippen LogP contribution in [-0.4, -0.2) is 39.9 Å². The van der Waals surface area contributed by atoms with Crippen molar-refractivity contribution in [1.82, 2.24) is 15.1 Å². The number of rotatable bonds is 3. The Kier molecular flexibility index (Phi) is 3.80. The third kappa shape index (κ3) is 2.85. The van der Waals surface area contributed by atoms with E-state index >= 15 is 0 Å². The van der Waals surface area contributed by atoms with Gasteiger partial charge in [0.15, 0.2) is 5.96 Å². The fraction of sp³-hybridized carbons (Fsp3) is 0.250. The maximum absolute atomic E-state index is 12.1. The number of nitrogens with one attached hydrogen (secondary N) is 2. The Hall–Kier alpha value is -3.16. The van der Waals surface area contributed by atoms with Gasteiger partial charge in [-0.25, -0.2) is 4.99 Å². The Labute approximate surface area is 138 Å². The average Bonchev–Trinajstić information content (AvgIpc) is 3.07. The van der Waals surface area contributed by atoms with E-state index in [9.17, 15) is 9.59 Å². The molecule has 1 atom stereocenters. The number of carbonyl (C=O) groups is 2. The average molecular weight is 326 g/mol. The van der Waals surface area contributed by atoms with E-state index in [1.54, 1.807) is 31.3 Å². The van der Waals surface area contributed by atoms with Crippen molar-refractivity contribution >= 4 is 23.5 Å². The maximum Gasteiger partial charge on any atom is 0.273 e. The molecule has 8 heteroatoms. The summed E-state index contributed by atoms with van der Waals surface area (Å²) in [5.74, 6) is -0.213. The molecule has 0 saturated carbocycles. The number of benzene rings is 1. The van der Waals surface area contributed by atoms with Gasteiger partial charge in [0.1, 0.15) is 5.69 Å². The summed E-state index contributed by atoms with van der Waals surface area (Å²) in [5, 5.41) is 9.15. The van der Waals surface area contributed by atoms with Crippen LogP contribution in [0.3, 0.4) is 0 Å². The monoisotopic (exact) mass is 326 g/mol. The molecule has 0 radical (unpaired) electrons. The van der Waals surface area contributed by atoms with Gasteiger partial charge in [0, 0.05) is 18.9 Å². The van der Waals surface area contributed by atoms with Gasteiger partial charge in [-0.2, -0.15) is 5.10 Å². The SMILES string of the molecule is CN1C(=O)C[C@@](C)(c2cccc(NC(=O)c3ccn[nH]3)c2)N=C1N. The third-order valence-electron chi connectivity index (χ3n) is 4.06. The highest BCUT2D eigenvalue weighted by molar-refractivity contribution is 6.03. The van der Waals surface area contributed by atoms with Gasteiger partial charge in [-0.1, -0.05) is 12.1 Å². The van der Waals surface area contributed by atoms with Gasteiger partial charge in [0.05, 0.1) is 12.0 Å². The first-order valence-corrected chi connectivity index (χ1v) is 7.42. The highest BCUT2D eigenvalue weighted by Gasteiger charge is 2.36. The fourth-order valence-corrected chi connectivity index (χ4v) is 2.59. The number of aromatic nitrogens is 2. The predicted molar refractivity (Wildman–Crippen MR) is 89.3 cm³/mol. The van der Waals surface area contributed by atoms with E-state index in [0.29, 0.717) is 11.4 Å². The summed E-state index contributed by atoms with van der Waals surface area (Å²) < 4.78 is 0. The minimum Gasteiger partial charge on any atom is -0.369 e. The lowest BCUT2D eigenvalue weighted by Crippen LogP contribution is -2.47. The minimum atomic E-state index is -0.762. The van der Waals surface area contributed by atoms with Gasteiger partial charge in [0.25, 0.3) is 5.91 Å². The van der Waals surface area contributed by atoms with Crippen molar-refractivity contribution in [3.05, 3.63) is 47.8 Å². The van der Waals surface area contributed by atoms with E-state index < -0.39 is 5.54 Å². The Morgan fingerprint density at radius 2 is 2.21 bits per heavy atom. The number of aliphatic imine (C=N–C) groups is 1. The predicted octanol–water partition coefficient (Wildman–Crippen LogP) is 1.05. The second-order valence-electron chi connectivity index (χ2n) is 5.88. The molecule has 2 heterocycles. The molecule has 1 aliphatic heterocycles. The second-order valence-corrected chi connectivity index (χ2v) is 5.88. The molecule has 2 amide bonds. The first-order chi connectivity index (χ1) is 11.4. The number of anilines is 1. The Morgan fingerprint density at radius 1 is 1.42 bits per heavy atom. The van der Waals surface area contributed by atoms with Crippen LogP contribution in [0.25, 0.3) is 0 Å². The molecule has 4 N–H and O–H groups in total. The summed E-state index contributed by atoms with van der Waals surface area (Å²) in [6.45, 7) is 1.85. The van der Waals surface area contributed by atoms with Gasteiger partial charge < -0.3 is 11.1 Å². The number of aromatic amines is 1. The molecule has 0 saturated heterocycles. The largest absolute Gasteiger partial charge is 0.369 e. The van der Waals surface area contributed by atoms with Gasteiger partial charge in [-0.05, 0) is 30.7 Å². The van der Waals surface area contributed by atoms with Crippen LogP contribution >= 0.6 is 0 Å². The second kappa shape index (κ2) is 5.80. The van der Waals surface area contributed by atoms with Crippen molar-refractivity contribution in [3.8, 4) is 0 Å². The molecule has 1 aromatic heterocycles. The smallest absolute Gasteiger partial charge is 0.273 e. The lowest BCUT2D eigenvalue weighted by atomic mass is 9.87. The van der Waals surface area contributed by atoms with E-state index in [-0.39, 0.29) is 24.2 Å². The molecule has 124 valence electrons. The van der Waals surface area contributed by atoms with Crippen LogP contribution in [-0.2, 0) is 10.3 Å². The standard InChI is InChI=1S/C16H18N6O2/c1-16(9-13(23)22(2)15(17)20-16)10-4-3-5-11(8-10)19-14(24)12-6-7-18-21-12/h3-8H,9H2,1-2H3,(H2,17,20)(H,18,21)(H,19,24)/t16-/m0/s1. The fourth-order valence-electron chi connectivity index (χ4n) is 2.59. The molecule has 24 heavy (non-hydrogen) atoms. The molecule has 1 aromatic carbocycles. The van der Waals surface area contributed by atoms with E-state index in [1.807, 2.05) is 13.0 Å². The molecule has 2 aromatic rings. The number of nitrogens with two attached hydrogens (primary N) is 1. The lowest BCUT2D eigenvalue weighted by Gasteiger charge is -2.33. The van der Waals surface area contributed by atoms with Crippen molar-refractivity contribution in [2.75, 3.05) is 12.4 Å². The van der Waals surface area contributed by atoms with Crippen molar-refractivity contribution in [2.45, 2.75) is 18.9 Å². The van der Waals surface area contributed by atoms with Crippen LogP contribution in [0.4, 0.5) is 5.69 Å². The normalized spacial score (nSPS) is 20.7. The number of nitrogens with zero attached hydrogens (tertiary/aromatic N) is 3. The molecule has 0 fully saturated rings. The van der Waals surface area contributed by atoms with Crippen molar-refractivity contribution < 1.29 is 9.59 Å². The number of H-pyrrole nitrogens is 1. The number of hydrogen-bond donors (Lipinski definition) is 3. The van der Waals surface area contributed by atoms with E-state index in [4.69, 9.17) is 5.73 Å². The maximum atomic E-state index is 12.1. The van der Waals surface area contributed by atoms with E-state index in [1.165, 1.54) is 11.1 Å². The highest BCUT2D eigenvalue weighted by atomic mass is 16.2. The van der Waals surface area contributed by atoms with Gasteiger partial charge in [-0.3, -0.25) is 19.6 Å². The Balaban J connectivity index is 1.88. The zero-order valence-electron chi connectivity index (χ0n) is 13.4. The first-order valence-electron chi connectivity index (χ1n) is 7.42. The summed E-state index contributed by atoms with van der Waals surface area (Å²) in [5.41, 5.74) is 6.85. The van der Waals surface area contributed by atoms with Crippen LogP contribution in [0.15, 0.2) is 41.5 Å². The molecule has 0 bridgehead atoms. The minimum absolute atomic E-state index is 0.100. The van der Waals surface area contributed by atoms with Crippen molar-refractivity contribution in [2.24, 2.45) is 10.7 Å². The van der Waals surface area contributed by atoms with Crippen LogP contribution in [0.5, 0.6) is 0 Å². The van der Waals surface area contributed by atoms with Crippen LogP contribution in [0, 0.1) is 0 Å². The van der Waals surface area contributed by atoms with Crippen molar-refractivity contribution in [1.29, 1.82) is 0 Å². The molecule has 8 nitrogen and oxygen atoms in total. The molecule has 3 rings (SSSR count). The zero-order valence-corrected chi connectivity index (χ0v) is 13.4. The lowest BCUT2D eigenvalue weighted by molar-refractivity contribution is -0.128. The van der Waals surface area contributed by atoms with Crippen molar-refractivity contribution in [3.63, 3.8) is 0 Å². The summed E-state index contributed by atoms with van der Waals surface area (Å²) in [4.78, 5) is 30.0. The third-order valence-corrected chi connectivity index (χ3v) is 4.06. The zero-order chi connectivity index (χ0) is 17.3. The topological polar surface area (TPSA) is 116 Å². The summed E-state index contributed by atoms with van der Waals surface area (Å²) in [7, 11) is 1.60. The number of guanidine groups is 1. The molecule has 1 aliphatic rings.